The van der Waals surface area contributed by atoms with Crippen molar-refractivity contribution in [3.63, 3.8) is 0 Å². The highest BCUT2D eigenvalue weighted by molar-refractivity contribution is 7.89. The lowest BCUT2D eigenvalue weighted by molar-refractivity contribution is 0.0730. The molecule has 18 heavy (non-hydrogen) atoms. The van der Waals surface area contributed by atoms with E-state index in [0.29, 0.717) is 31.2 Å². The first-order valence-corrected chi connectivity index (χ1v) is 7.52. The molecule has 0 unspecified atom stereocenters. The zero-order chi connectivity index (χ0) is 12.6. The van der Waals surface area contributed by atoms with Crippen molar-refractivity contribution >= 4 is 10.0 Å². The van der Waals surface area contributed by atoms with Crippen LogP contribution in [0.5, 0.6) is 0 Å². The van der Waals surface area contributed by atoms with E-state index >= 15 is 0 Å². The summed E-state index contributed by atoms with van der Waals surface area (Å²) >= 11 is 0. The smallest absolute Gasteiger partial charge is 0.243 e. The Morgan fingerprint density at radius 3 is 2.61 bits per heavy atom. The van der Waals surface area contributed by atoms with Crippen molar-refractivity contribution < 1.29 is 13.2 Å². The predicted molar refractivity (Wildman–Crippen MR) is 66.6 cm³/mol. The van der Waals surface area contributed by atoms with Gasteiger partial charge in [0.1, 0.15) is 0 Å². The largest absolute Gasteiger partial charge is 0.379 e. The Hall–Kier alpha value is -0.950. The van der Waals surface area contributed by atoms with Crippen molar-refractivity contribution in [3.8, 4) is 0 Å². The lowest BCUT2D eigenvalue weighted by Crippen LogP contribution is -2.40. The van der Waals surface area contributed by atoms with E-state index in [1.807, 2.05) is 6.07 Å². The second-order valence-electron chi connectivity index (χ2n) is 4.55. The maximum atomic E-state index is 12.4. The van der Waals surface area contributed by atoms with Gasteiger partial charge in [0.05, 0.1) is 18.1 Å². The summed E-state index contributed by atoms with van der Waals surface area (Å²) in [5, 5.41) is 3.22. The summed E-state index contributed by atoms with van der Waals surface area (Å²) in [5.41, 5.74) is 2.28. The highest BCUT2D eigenvalue weighted by atomic mass is 32.2. The molecule has 0 aliphatic carbocycles. The average molecular weight is 268 g/mol. The van der Waals surface area contributed by atoms with Gasteiger partial charge in [-0.2, -0.15) is 4.31 Å². The van der Waals surface area contributed by atoms with Crippen LogP contribution >= 0.6 is 0 Å². The van der Waals surface area contributed by atoms with Crippen molar-refractivity contribution in [2.24, 2.45) is 0 Å². The van der Waals surface area contributed by atoms with Crippen LogP contribution in [-0.2, 0) is 27.8 Å². The number of hydrogen-bond donors (Lipinski definition) is 1. The summed E-state index contributed by atoms with van der Waals surface area (Å²) in [6.45, 7) is 3.42. The van der Waals surface area contributed by atoms with Crippen LogP contribution in [0.15, 0.2) is 23.1 Å². The molecule has 0 atom stereocenters. The van der Waals surface area contributed by atoms with Crippen LogP contribution in [0.25, 0.3) is 0 Å². The molecule has 1 saturated heterocycles. The molecule has 2 heterocycles. The maximum Gasteiger partial charge on any atom is 0.243 e. The number of fused-ring (bicyclic) bond motifs is 1. The van der Waals surface area contributed by atoms with E-state index in [9.17, 15) is 8.42 Å². The molecular weight excluding hydrogens is 252 g/mol. The van der Waals surface area contributed by atoms with Crippen molar-refractivity contribution in [3.05, 3.63) is 29.3 Å². The minimum Gasteiger partial charge on any atom is -0.379 e. The van der Waals surface area contributed by atoms with Gasteiger partial charge in [0, 0.05) is 26.2 Å². The van der Waals surface area contributed by atoms with Crippen LogP contribution in [0.3, 0.4) is 0 Å². The number of benzene rings is 1. The first kappa shape index (κ1) is 12.1. The molecule has 98 valence electrons. The molecule has 0 radical (unpaired) electrons. The summed E-state index contributed by atoms with van der Waals surface area (Å²) in [4.78, 5) is 0.395. The fraction of sp³-hybridized carbons (Fsp3) is 0.500. The molecular formula is C12H16N2O3S. The van der Waals surface area contributed by atoms with Gasteiger partial charge in [0.15, 0.2) is 0 Å². The van der Waals surface area contributed by atoms with Gasteiger partial charge in [-0.15, -0.1) is 0 Å². The summed E-state index contributed by atoms with van der Waals surface area (Å²) in [6, 6.07) is 5.40. The third-order valence-corrected chi connectivity index (χ3v) is 5.31. The van der Waals surface area contributed by atoms with E-state index < -0.39 is 10.0 Å². The molecule has 2 aliphatic rings. The summed E-state index contributed by atoms with van der Waals surface area (Å²) in [6.07, 6.45) is 0. The fourth-order valence-electron chi connectivity index (χ4n) is 2.37. The van der Waals surface area contributed by atoms with Crippen LogP contribution in [0, 0.1) is 0 Å². The molecule has 1 aromatic carbocycles. The van der Waals surface area contributed by atoms with Crippen LogP contribution in [0.4, 0.5) is 0 Å². The molecule has 2 aliphatic heterocycles. The lowest BCUT2D eigenvalue weighted by atomic mass is 10.1. The fourth-order valence-corrected chi connectivity index (χ4v) is 3.83. The Morgan fingerprint density at radius 2 is 1.83 bits per heavy atom. The van der Waals surface area contributed by atoms with Gasteiger partial charge in [-0.1, -0.05) is 6.07 Å². The number of sulfonamides is 1. The van der Waals surface area contributed by atoms with E-state index in [-0.39, 0.29) is 0 Å². The molecule has 0 spiro atoms. The lowest BCUT2D eigenvalue weighted by Gasteiger charge is -2.26. The molecule has 5 nitrogen and oxygen atoms in total. The highest BCUT2D eigenvalue weighted by Gasteiger charge is 2.27. The standard InChI is InChI=1S/C12H16N2O3S/c15-18(16,14-3-5-17-6-4-14)12-2-1-10-8-13-9-11(10)7-12/h1-2,7,13H,3-6,8-9H2. The summed E-state index contributed by atoms with van der Waals surface area (Å²) in [7, 11) is -3.36. The van der Waals surface area contributed by atoms with Gasteiger partial charge in [-0.3, -0.25) is 0 Å². The van der Waals surface area contributed by atoms with E-state index in [1.54, 1.807) is 12.1 Å². The van der Waals surface area contributed by atoms with Gasteiger partial charge in [0.25, 0.3) is 0 Å². The Labute approximate surface area is 107 Å². The Bertz CT molecular complexity index is 550. The van der Waals surface area contributed by atoms with Crippen molar-refractivity contribution in [2.45, 2.75) is 18.0 Å². The minimum absolute atomic E-state index is 0.395. The SMILES string of the molecule is O=S(=O)(c1ccc2c(c1)CNC2)N1CCOCC1. The summed E-state index contributed by atoms with van der Waals surface area (Å²) in [5.74, 6) is 0. The Morgan fingerprint density at radius 1 is 1.11 bits per heavy atom. The average Bonchev–Trinajstić information content (AvgIpc) is 2.87. The van der Waals surface area contributed by atoms with E-state index in [2.05, 4.69) is 5.32 Å². The molecule has 1 N–H and O–H groups in total. The van der Waals surface area contributed by atoms with Gasteiger partial charge in [0.2, 0.25) is 10.0 Å². The number of hydrogen-bond acceptors (Lipinski definition) is 4. The van der Waals surface area contributed by atoms with E-state index in [0.717, 1.165) is 18.7 Å². The van der Waals surface area contributed by atoms with Crippen LogP contribution < -0.4 is 5.32 Å². The predicted octanol–water partition coefficient (Wildman–Crippen LogP) is 0.311. The maximum absolute atomic E-state index is 12.4. The topological polar surface area (TPSA) is 58.6 Å². The zero-order valence-corrected chi connectivity index (χ0v) is 10.9. The quantitative estimate of drug-likeness (QED) is 0.839. The molecule has 6 heteroatoms. The summed E-state index contributed by atoms with van der Waals surface area (Å²) < 4.78 is 31.6. The van der Waals surface area contributed by atoms with Gasteiger partial charge in [-0.25, -0.2) is 8.42 Å². The number of nitrogens with zero attached hydrogens (tertiary/aromatic N) is 1. The van der Waals surface area contributed by atoms with Crippen LogP contribution in [0.2, 0.25) is 0 Å². The first-order chi connectivity index (χ1) is 8.68. The Balaban J connectivity index is 1.93. The second kappa shape index (κ2) is 4.62. The number of rotatable bonds is 2. The van der Waals surface area contributed by atoms with Crippen LogP contribution in [0.1, 0.15) is 11.1 Å². The molecule has 0 saturated carbocycles. The number of nitrogens with one attached hydrogen (secondary N) is 1. The number of morpholine rings is 1. The number of ether oxygens (including phenoxy) is 1. The second-order valence-corrected chi connectivity index (χ2v) is 6.49. The van der Waals surface area contributed by atoms with Crippen LogP contribution in [-0.4, -0.2) is 39.0 Å². The molecule has 0 amide bonds. The molecule has 3 rings (SSSR count). The molecule has 0 bridgehead atoms. The van der Waals surface area contributed by atoms with Gasteiger partial charge >= 0.3 is 0 Å². The zero-order valence-electron chi connectivity index (χ0n) is 10.1. The van der Waals surface area contributed by atoms with Crippen molar-refractivity contribution in [2.75, 3.05) is 26.3 Å². The van der Waals surface area contributed by atoms with Crippen molar-refractivity contribution in [1.82, 2.24) is 9.62 Å². The monoisotopic (exact) mass is 268 g/mol. The molecule has 0 aromatic heterocycles. The van der Waals surface area contributed by atoms with E-state index in [4.69, 9.17) is 4.74 Å². The Kier molecular flexibility index (Phi) is 3.11. The first-order valence-electron chi connectivity index (χ1n) is 6.08. The molecule has 1 fully saturated rings. The third kappa shape index (κ3) is 2.05. The molecule has 1 aromatic rings. The normalized spacial score (nSPS) is 20.9. The van der Waals surface area contributed by atoms with E-state index in [1.165, 1.54) is 9.87 Å². The third-order valence-electron chi connectivity index (χ3n) is 3.42. The minimum atomic E-state index is -3.36. The van der Waals surface area contributed by atoms with Crippen molar-refractivity contribution in [1.29, 1.82) is 0 Å². The van der Waals surface area contributed by atoms with Gasteiger partial charge < -0.3 is 10.1 Å². The highest BCUT2D eigenvalue weighted by Crippen LogP contribution is 2.23. The van der Waals surface area contributed by atoms with Gasteiger partial charge in [-0.05, 0) is 23.3 Å².